The average Bonchev–Trinajstić information content (AvgIpc) is 1.62. The third kappa shape index (κ3) is 4.33. The minimum Gasteiger partial charge on any atom is -0.665 e. The van der Waals surface area contributed by atoms with Gasteiger partial charge in [-0.05, 0) is 13.8 Å². The maximum atomic E-state index is 10.0. The first-order valence-corrected chi connectivity index (χ1v) is 2.51. The van der Waals surface area contributed by atoms with Gasteiger partial charge in [0.1, 0.15) is 6.10 Å². The van der Waals surface area contributed by atoms with Crippen molar-refractivity contribution in [3.8, 4) is 0 Å². The minimum absolute atomic E-state index is 0. The van der Waals surface area contributed by atoms with Crippen LogP contribution in [0.4, 0.5) is 0 Å². The Morgan fingerprint density at radius 1 is 1.60 bits per heavy atom. The molecule has 1 unspecified atom stereocenters. The zero-order chi connectivity index (χ0) is 7.65. The Balaban J connectivity index is 0. The van der Waals surface area contributed by atoms with Crippen LogP contribution in [0.2, 0.25) is 0 Å². The number of rotatable bonds is 2. The number of aliphatic hydroxyl groups is 2. The average molecular weight is 221 g/mol. The van der Waals surface area contributed by atoms with Crippen molar-refractivity contribution in [3.05, 3.63) is 5.73 Å². The predicted molar refractivity (Wildman–Crippen MR) is 31.6 cm³/mol. The molecule has 57 valence electrons. The molecule has 10 heavy (non-hydrogen) atoms. The van der Waals surface area contributed by atoms with Crippen LogP contribution in [0.3, 0.4) is 0 Å². The van der Waals surface area contributed by atoms with Gasteiger partial charge in [-0.3, -0.25) is 0 Å². The van der Waals surface area contributed by atoms with Crippen LogP contribution in [0.15, 0.2) is 0 Å². The number of hydrogen-bond acceptors (Lipinski definition) is 3. The molecule has 0 aliphatic heterocycles. The van der Waals surface area contributed by atoms with Crippen molar-refractivity contribution >= 4 is 5.91 Å². The predicted octanol–water partition coefficient (Wildman–Crippen LogP) is -0.305. The summed E-state index contributed by atoms with van der Waals surface area (Å²) >= 11 is 0. The number of nitrogens with one attached hydrogen (secondary N) is 1. The number of aliphatic hydroxyl groups excluding tert-OH is 1. The van der Waals surface area contributed by atoms with Crippen molar-refractivity contribution in [1.82, 2.24) is 0 Å². The van der Waals surface area contributed by atoms with E-state index in [0.717, 1.165) is 0 Å². The van der Waals surface area contributed by atoms with Gasteiger partial charge in [-0.2, -0.15) is 0 Å². The summed E-state index contributed by atoms with van der Waals surface area (Å²) in [6.07, 6.45) is -1.60. The van der Waals surface area contributed by atoms with Gasteiger partial charge in [-0.15, -0.1) is 0 Å². The summed E-state index contributed by atoms with van der Waals surface area (Å²) in [5.41, 5.74) is 4.89. The second kappa shape index (κ2) is 4.39. The molecule has 0 aromatic heterocycles. The van der Waals surface area contributed by atoms with Crippen molar-refractivity contribution in [2.45, 2.75) is 25.6 Å². The maximum Gasteiger partial charge on any atom is 0.123 e. The third-order valence-electron chi connectivity index (χ3n) is 0.918. The molecule has 1 radical (unpaired) electrons. The van der Waals surface area contributed by atoms with E-state index in [1.165, 1.54) is 13.8 Å². The molecule has 0 fully saturated rings. The van der Waals surface area contributed by atoms with E-state index in [-0.39, 0.29) is 32.7 Å². The summed E-state index contributed by atoms with van der Waals surface area (Å²) in [5.74, 6) is -1.16. The molecule has 0 heterocycles. The van der Waals surface area contributed by atoms with E-state index < -0.39 is 17.6 Å². The Kier molecular flexibility index (Phi) is 5.75. The van der Waals surface area contributed by atoms with E-state index in [2.05, 4.69) is 0 Å². The first-order valence-electron chi connectivity index (χ1n) is 2.51. The molecule has 0 saturated carbocycles. The molecule has 3 N–H and O–H groups in total. The van der Waals surface area contributed by atoms with Crippen molar-refractivity contribution in [2.24, 2.45) is 0 Å². The Hall–Kier alpha value is 0.494. The first-order chi connectivity index (χ1) is 3.85. The molecule has 0 rings (SSSR count). The van der Waals surface area contributed by atoms with Crippen LogP contribution in [0, 0.1) is 0 Å². The molecule has 0 aromatic carbocycles. The number of carbonyl (C=O) groups excluding carboxylic acids is 1. The second-order valence-electron chi connectivity index (χ2n) is 2.42. The molecule has 0 aliphatic carbocycles. The fourth-order valence-corrected chi connectivity index (χ4v) is 0.321. The summed E-state index contributed by atoms with van der Waals surface area (Å²) < 4.78 is 0. The molecule has 0 aromatic rings. The molecule has 4 nitrogen and oxygen atoms in total. The SMILES string of the molecule is CC(C)(O)C(O)C([NH-])=O.[Y]. The molecule has 0 aliphatic rings. The van der Waals surface area contributed by atoms with Crippen LogP contribution in [-0.2, 0) is 37.5 Å². The monoisotopic (exact) mass is 221 g/mol. The van der Waals surface area contributed by atoms with Gasteiger partial charge >= 0.3 is 0 Å². The van der Waals surface area contributed by atoms with Gasteiger partial charge in [0.2, 0.25) is 0 Å². The minimum atomic E-state index is -1.60. The normalized spacial score (nSPS) is 13.6. The molecule has 0 bridgehead atoms. The molecular weight excluding hydrogens is 211 g/mol. The topological polar surface area (TPSA) is 81.3 Å². The molecule has 0 spiro atoms. The largest absolute Gasteiger partial charge is 0.665 e. The quantitative estimate of drug-likeness (QED) is 0.671. The van der Waals surface area contributed by atoms with Gasteiger partial charge in [0, 0.05) is 32.7 Å². The molecule has 0 saturated heterocycles. The Morgan fingerprint density at radius 2 is 1.90 bits per heavy atom. The van der Waals surface area contributed by atoms with E-state index in [1.54, 1.807) is 0 Å². The van der Waals surface area contributed by atoms with Crippen molar-refractivity contribution in [3.63, 3.8) is 0 Å². The first kappa shape index (κ1) is 13.1. The van der Waals surface area contributed by atoms with Crippen LogP contribution in [-0.4, -0.2) is 27.8 Å². The van der Waals surface area contributed by atoms with Crippen molar-refractivity contribution < 1.29 is 47.7 Å². The van der Waals surface area contributed by atoms with Crippen LogP contribution in [0.25, 0.3) is 5.73 Å². The number of amides is 1. The fraction of sp³-hybridized carbons (Fsp3) is 0.800. The summed E-state index contributed by atoms with van der Waals surface area (Å²) in [7, 11) is 0. The van der Waals surface area contributed by atoms with Gasteiger partial charge in [-0.1, -0.05) is 0 Å². The smallest absolute Gasteiger partial charge is 0.123 e. The molecular formula is C5H10NO3Y-. The Morgan fingerprint density at radius 3 is 1.90 bits per heavy atom. The van der Waals surface area contributed by atoms with E-state index >= 15 is 0 Å². The van der Waals surface area contributed by atoms with Crippen LogP contribution in [0.1, 0.15) is 13.8 Å². The zero-order valence-electron chi connectivity index (χ0n) is 5.96. The Labute approximate surface area is 84.7 Å². The summed E-state index contributed by atoms with van der Waals surface area (Å²) in [4.78, 5) is 10.0. The molecule has 5 heteroatoms. The standard InChI is InChI=1S/C5H11NO3.Y/c1-5(2,9)3(7)4(6)8;/h3,7,9H,1-2H3,(H2,6,8);/p-1. The van der Waals surface area contributed by atoms with Gasteiger partial charge in [0.05, 0.1) is 11.5 Å². The van der Waals surface area contributed by atoms with Gasteiger partial charge in [0.15, 0.2) is 0 Å². The van der Waals surface area contributed by atoms with Crippen molar-refractivity contribution in [1.29, 1.82) is 0 Å². The number of carbonyl (C=O) groups is 1. The summed E-state index contributed by atoms with van der Waals surface area (Å²) in [6.45, 7) is 2.54. The Bertz CT molecular complexity index is 121. The van der Waals surface area contributed by atoms with Crippen LogP contribution in [0.5, 0.6) is 0 Å². The van der Waals surface area contributed by atoms with Gasteiger partial charge in [0.25, 0.3) is 0 Å². The summed E-state index contributed by atoms with van der Waals surface area (Å²) in [5, 5.41) is 17.5. The third-order valence-corrected chi connectivity index (χ3v) is 0.918. The fourth-order valence-electron chi connectivity index (χ4n) is 0.321. The van der Waals surface area contributed by atoms with Crippen molar-refractivity contribution in [2.75, 3.05) is 0 Å². The molecule has 1 atom stereocenters. The number of hydrogen-bond donors (Lipinski definition) is 2. The summed E-state index contributed by atoms with van der Waals surface area (Å²) in [6, 6.07) is 0. The van der Waals surface area contributed by atoms with Gasteiger partial charge in [-0.25, -0.2) is 0 Å². The molecule has 1 amide bonds. The van der Waals surface area contributed by atoms with Crippen LogP contribution < -0.4 is 0 Å². The van der Waals surface area contributed by atoms with Gasteiger partial charge < -0.3 is 20.7 Å². The maximum absolute atomic E-state index is 10.0. The van der Waals surface area contributed by atoms with E-state index in [0.29, 0.717) is 0 Å². The van der Waals surface area contributed by atoms with E-state index in [9.17, 15) is 4.79 Å². The zero-order valence-corrected chi connectivity index (χ0v) is 8.80. The second-order valence-corrected chi connectivity index (χ2v) is 2.42. The van der Waals surface area contributed by atoms with Crippen LogP contribution >= 0.6 is 0 Å². The van der Waals surface area contributed by atoms with E-state index in [4.69, 9.17) is 15.9 Å². The van der Waals surface area contributed by atoms with E-state index in [1.807, 2.05) is 0 Å².